The number of ether oxygens (including phenoxy) is 1. The Kier molecular flexibility index (Phi) is 6.64. The van der Waals surface area contributed by atoms with Crippen LogP contribution in [0, 0.1) is 11.8 Å². The quantitative estimate of drug-likeness (QED) is 0.807. The summed E-state index contributed by atoms with van der Waals surface area (Å²) in [5, 5.41) is 5.77. The van der Waals surface area contributed by atoms with E-state index in [1.54, 1.807) is 0 Å². The molecule has 2 atom stereocenters. The smallest absolute Gasteiger partial charge is 0.225 e. The summed E-state index contributed by atoms with van der Waals surface area (Å²) in [6, 6.07) is 7.79. The van der Waals surface area contributed by atoms with Crippen LogP contribution in [0.1, 0.15) is 51.6 Å². The van der Waals surface area contributed by atoms with Crippen molar-refractivity contribution in [2.24, 2.45) is 11.8 Å². The maximum atomic E-state index is 12.3. The molecule has 1 heterocycles. The number of piperidine rings is 1. The van der Waals surface area contributed by atoms with Crippen molar-refractivity contribution < 1.29 is 14.3 Å². The predicted molar refractivity (Wildman–Crippen MR) is 93.7 cm³/mol. The van der Waals surface area contributed by atoms with Crippen molar-refractivity contribution in [2.75, 3.05) is 13.2 Å². The number of hydrogen-bond acceptors (Lipinski definition) is 3. The minimum absolute atomic E-state index is 0.000222. The molecule has 0 unspecified atom stereocenters. The van der Waals surface area contributed by atoms with Crippen LogP contribution < -0.4 is 15.4 Å². The molecular formula is C19H28N2O3. The highest BCUT2D eigenvalue weighted by Crippen LogP contribution is 2.19. The van der Waals surface area contributed by atoms with Crippen molar-refractivity contribution in [2.45, 2.75) is 46.1 Å². The average molecular weight is 332 g/mol. The number of carbonyl (C=O) groups is 2. The van der Waals surface area contributed by atoms with Crippen LogP contribution in [-0.2, 0) is 9.59 Å². The Morgan fingerprint density at radius 1 is 1.29 bits per heavy atom. The molecule has 0 radical (unpaired) electrons. The molecular weight excluding hydrogens is 304 g/mol. The van der Waals surface area contributed by atoms with Gasteiger partial charge in [0.25, 0.3) is 0 Å². The van der Waals surface area contributed by atoms with Crippen LogP contribution >= 0.6 is 0 Å². The van der Waals surface area contributed by atoms with Crippen molar-refractivity contribution in [3.8, 4) is 5.75 Å². The number of rotatable bonds is 7. The minimum atomic E-state index is -0.135. The number of amides is 2. The molecule has 0 saturated carbocycles. The molecule has 0 aliphatic carbocycles. The van der Waals surface area contributed by atoms with Crippen molar-refractivity contribution in [3.63, 3.8) is 0 Å². The van der Waals surface area contributed by atoms with Gasteiger partial charge in [0.05, 0.1) is 18.6 Å². The highest BCUT2D eigenvalue weighted by molar-refractivity contribution is 5.83. The summed E-state index contributed by atoms with van der Waals surface area (Å²) in [6.07, 6.45) is 2.08. The Morgan fingerprint density at radius 2 is 2.00 bits per heavy atom. The van der Waals surface area contributed by atoms with Crippen LogP contribution in [0.5, 0.6) is 5.75 Å². The van der Waals surface area contributed by atoms with Gasteiger partial charge in [-0.15, -0.1) is 0 Å². The summed E-state index contributed by atoms with van der Waals surface area (Å²) in [6.45, 7) is 7.47. The predicted octanol–water partition coefficient (Wildman–Crippen LogP) is 2.81. The average Bonchev–Trinajstić information content (AvgIpc) is 2.55. The van der Waals surface area contributed by atoms with E-state index in [1.165, 1.54) is 0 Å². The summed E-state index contributed by atoms with van der Waals surface area (Å²) in [5.41, 5.74) is 1.04. The van der Waals surface area contributed by atoms with E-state index in [0.717, 1.165) is 24.3 Å². The Labute approximate surface area is 144 Å². The molecule has 1 aromatic carbocycles. The van der Waals surface area contributed by atoms with E-state index in [4.69, 9.17) is 4.74 Å². The van der Waals surface area contributed by atoms with E-state index in [0.29, 0.717) is 25.3 Å². The van der Waals surface area contributed by atoms with E-state index in [1.807, 2.05) is 31.2 Å². The summed E-state index contributed by atoms with van der Waals surface area (Å²) >= 11 is 0. The monoisotopic (exact) mass is 332 g/mol. The standard InChI is InChI=1S/C19H28N2O3/c1-13(2)10-11-24-17-7-4-15(5-8-17)14(3)21-19(23)16-6-9-18(22)20-12-16/h4-5,7-8,13-14,16H,6,9-12H2,1-3H3,(H,20,22)(H,21,23)/t14-,16-/m0/s1. The Bertz CT molecular complexity index is 544. The zero-order valence-corrected chi connectivity index (χ0v) is 14.8. The van der Waals surface area contributed by atoms with Crippen LogP contribution in [0.25, 0.3) is 0 Å². The van der Waals surface area contributed by atoms with Crippen LogP contribution in [0.2, 0.25) is 0 Å². The third-order valence-electron chi connectivity index (χ3n) is 4.34. The fourth-order valence-electron chi connectivity index (χ4n) is 2.64. The molecule has 1 aliphatic rings. The molecule has 5 nitrogen and oxygen atoms in total. The fraction of sp³-hybridized carbons (Fsp3) is 0.579. The molecule has 0 aromatic heterocycles. The molecule has 1 aliphatic heterocycles. The topological polar surface area (TPSA) is 67.4 Å². The molecule has 2 amide bonds. The van der Waals surface area contributed by atoms with Crippen molar-refractivity contribution in [3.05, 3.63) is 29.8 Å². The summed E-state index contributed by atoms with van der Waals surface area (Å²) < 4.78 is 5.71. The zero-order valence-electron chi connectivity index (χ0n) is 14.8. The fourth-order valence-corrected chi connectivity index (χ4v) is 2.64. The number of benzene rings is 1. The summed E-state index contributed by atoms with van der Waals surface area (Å²) in [7, 11) is 0. The van der Waals surface area contributed by atoms with E-state index in [2.05, 4.69) is 24.5 Å². The van der Waals surface area contributed by atoms with Crippen LogP contribution in [-0.4, -0.2) is 25.0 Å². The Hall–Kier alpha value is -2.04. The second-order valence-electron chi connectivity index (χ2n) is 6.87. The van der Waals surface area contributed by atoms with Gasteiger partial charge in [-0.3, -0.25) is 9.59 Å². The van der Waals surface area contributed by atoms with Crippen molar-refractivity contribution in [1.29, 1.82) is 0 Å². The van der Waals surface area contributed by atoms with Gasteiger partial charge in [-0.05, 0) is 43.4 Å². The molecule has 1 aromatic rings. The first-order valence-electron chi connectivity index (χ1n) is 8.75. The molecule has 24 heavy (non-hydrogen) atoms. The Morgan fingerprint density at radius 3 is 2.58 bits per heavy atom. The first-order chi connectivity index (χ1) is 11.5. The van der Waals surface area contributed by atoms with Gasteiger partial charge < -0.3 is 15.4 Å². The Balaban J connectivity index is 1.82. The van der Waals surface area contributed by atoms with Crippen molar-refractivity contribution in [1.82, 2.24) is 10.6 Å². The lowest BCUT2D eigenvalue weighted by molar-refractivity contribution is -0.129. The lowest BCUT2D eigenvalue weighted by atomic mass is 9.97. The van der Waals surface area contributed by atoms with Gasteiger partial charge in [-0.25, -0.2) is 0 Å². The van der Waals surface area contributed by atoms with Crippen LogP contribution in [0.15, 0.2) is 24.3 Å². The third kappa shape index (κ3) is 5.55. The lowest BCUT2D eigenvalue weighted by Crippen LogP contribution is -2.43. The summed E-state index contributed by atoms with van der Waals surface area (Å²) in [4.78, 5) is 23.4. The molecule has 5 heteroatoms. The highest BCUT2D eigenvalue weighted by atomic mass is 16.5. The van der Waals surface area contributed by atoms with Gasteiger partial charge in [0, 0.05) is 13.0 Å². The molecule has 1 fully saturated rings. The molecule has 1 saturated heterocycles. The zero-order chi connectivity index (χ0) is 17.5. The second-order valence-corrected chi connectivity index (χ2v) is 6.87. The lowest BCUT2D eigenvalue weighted by Gasteiger charge is -2.24. The molecule has 0 bridgehead atoms. The van der Waals surface area contributed by atoms with Gasteiger partial charge in [-0.1, -0.05) is 26.0 Å². The van der Waals surface area contributed by atoms with E-state index in [9.17, 15) is 9.59 Å². The van der Waals surface area contributed by atoms with E-state index in [-0.39, 0.29) is 23.8 Å². The third-order valence-corrected chi connectivity index (χ3v) is 4.34. The highest BCUT2D eigenvalue weighted by Gasteiger charge is 2.25. The molecule has 132 valence electrons. The van der Waals surface area contributed by atoms with Crippen LogP contribution in [0.4, 0.5) is 0 Å². The van der Waals surface area contributed by atoms with E-state index >= 15 is 0 Å². The van der Waals surface area contributed by atoms with Gasteiger partial charge in [0.1, 0.15) is 5.75 Å². The molecule has 0 spiro atoms. The minimum Gasteiger partial charge on any atom is -0.494 e. The van der Waals surface area contributed by atoms with Gasteiger partial charge in [0.2, 0.25) is 11.8 Å². The maximum Gasteiger partial charge on any atom is 0.225 e. The number of carbonyl (C=O) groups excluding carboxylic acids is 2. The van der Waals surface area contributed by atoms with Gasteiger partial charge in [-0.2, -0.15) is 0 Å². The first kappa shape index (κ1) is 18.3. The molecule has 2 N–H and O–H groups in total. The summed E-state index contributed by atoms with van der Waals surface area (Å²) in [5.74, 6) is 1.38. The number of nitrogens with one attached hydrogen (secondary N) is 2. The maximum absolute atomic E-state index is 12.3. The first-order valence-corrected chi connectivity index (χ1v) is 8.75. The second kappa shape index (κ2) is 8.71. The largest absolute Gasteiger partial charge is 0.494 e. The van der Waals surface area contributed by atoms with Crippen molar-refractivity contribution >= 4 is 11.8 Å². The van der Waals surface area contributed by atoms with E-state index < -0.39 is 0 Å². The van der Waals surface area contributed by atoms with Crippen LogP contribution in [0.3, 0.4) is 0 Å². The SMILES string of the molecule is CC(C)CCOc1ccc([C@H](C)NC(=O)[C@H]2CCC(=O)NC2)cc1. The number of hydrogen-bond donors (Lipinski definition) is 2. The van der Waals surface area contributed by atoms with Gasteiger partial charge >= 0.3 is 0 Å². The van der Waals surface area contributed by atoms with Gasteiger partial charge in [0.15, 0.2) is 0 Å². The molecule has 2 rings (SSSR count). The normalized spacial score (nSPS) is 18.8.